The zero-order valence-corrected chi connectivity index (χ0v) is 16.5. The van der Waals surface area contributed by atoms with Gasteiger partial charge in [-0.25, -0.2) is 0 Å². The van der Waals surface area contributed by atoms with E-state index >= 15 is 0 Å². The summed E-state index contributed by atoms with van der Waals surface area (Å²) in [4.78, 5) is 0. The van der Waals surface area contributed by atoms with Gasteiger partial charge >= 0.3 is 0 Å². The molecule has 0 N–H and O–H groups in total. The Bertz CT molecular complexity index is 401. The first-order valence-corrected chi connectivity index (χ1v) is 9.72. The van der Waals surface area contributed by atoms with E-state index < -0.39 is 0 Å². The van der Waals surface area contributed by atoms with E-state index in [4.69, 9.17) is 51.6 Å². The van der Waals surface area contributed by atoms with Crippen molar-refractivity contribution >= 4 is 23.2 Å². The summed E-state index contributed by atoms with van der Waals surface area (Å²) in [6, 6.07) is 7.47. The largest absolute Gasteiger partial charge is 0.491 e. The number of hydrogen-bond donors (Lipinski definition) is 0. The van der Waals surface area contributed by atoms with Crippen molar-refractivity contribution in [3.8, 4) is 11.5 Å². The molecule has 0 radical (unpaired) electrons. The van der Waals surface area contributed by atoms with Gasteiger partial charge in [0.2, 0.25) is 0 Å². The molecule has 6 nitrogen and oxygen atoms in total. The third-order valence-corrected chi connectivity index (χ3v) is 3.29. The van der Waals surface area contributed by atoms with E-state index in [9.17, 15) is 0 Å². The van der Waals surface area contributed by atoms with Crippen LogP contribution in [0.25, 0.3) is 0 Å². The quantitative estimate of drug-likeness (QED) is 0.274. The number of hydrogen-bond acceptors (Lipinski definition) is 6. The Morgan fingerprint density at radius 1 is 0.538 bits per heavy atom. The molecule has 0 heterocycles. The predicted octanol–water partition coefficient (Wildman–Crippen LogP) is 2.99. The molecule has 0 saturated heterocycles. The minimum absolute atomic E-state index is 0.463. The Morgan fingerprint density at radius 2 is 0.923 bits per heavy atom. The summed E-state index contributed by atoms with van der Waals surface area (Å²) in [6.07, 6.45) is 0. The van der Waals surface area contributed by atoms with Gasteiger partial charge < -0.3 is 28.4 Å². The Balaban J connectivity index is 2.03. The lowest BCUT2D eigenvalue weighted by atomic mass is 10.3. The highest BCUT2D eigenvalue weighted by Crippen LogP contribution is 2.19. The maximum absolute atomic E-state index is 5.63. The fraction of sp³-hybridized carbons (Fsp3) is 0.667. The summed E-state index contributed by atoms with van der Waals surface area (Å²) in [5, 5.41) is 0. The first-order chi connectivity index (χ1) is 12.9. The second kappa shape index (κ2) is 17.6. The second-order valence-corrected chi connectivity index (χ2v) is 5.76. The molecule has 26 heavy (non-hydrogen) atoms. The number of rotatable bonds is 18. The van der Waals surface area contributed by atoms with Crippen molar-refractivity contribution in [2.45, 2.75) is 0 Å². The van der Waals surface area contributed by atoms with Crippen molar-refractivity contribution in [3.63, 3.8) is 0 Å². The SMILES string of the molecule is ClCCOCCOCCOc1cccc(OCCOCCOCCCl)c1. The molecule has 0 aliphatic rings. The average molecular weight is 411 g/mol. The molecule has 1 aromatic rings. The standard InChI is InChI=1S/C18H28Cl2O6/c19-4-6-21-8-10-23-12-14-25-17-2-1-3-18(16-17)26-15-13-24-11-9-22-7-5-20/h1-3,16H,4-15H2. The van der Waals surface area contributed by atoms with Crippen molar-refractivity contribution in [2.24, 2.45) is 0 Å². The van der Waals surface area contributed by atoms with Crippen LogP contribution in [0.5, 0.6) is 11.5 Å². The van der Waals surface area contributed by atoms with Crippen LogP contribution in [0.3, 0.4) is 0 Å². The van der Waals surface area contributed by atoms with E-state index in [1.165, 1.54) is 0 Å². The van der Waals surface area contributed by atoms with E-state index in [-0.39, 0.29) is 0 Å². The Kier molecular flexibility index (Phi) is 15.8. The first kappa shape index (κ1) is 23.3. The molecule has 0 aliphatic carbocycles. The molecule has 0 aromatic heterocycles. The van der Waals surface area contributed by atoms with Crippen LogP contribution in [0.2, 0.25) is 0 Å². The van der Waals surface area contributed by atoms with E-state index in [1.807, 2.05) is 24.3 Å². The number of alkyl halides is 2. The highest BCUT2D eigenvalue weighted by atomic mass is 35.5. The highest BCUT2D eigenvalue weighted by molar-refractivity contribution is 6.18. The number of halogens is 2. The first-order valence-electron chi connectivity index (χ1n) is 8.65. The molecule has 0 bridgehead atoms. The normalized spacial score (nSPS) is 10.8. The van der Waals surface area contributed by atoms with Crippen molar-refractivity contribution in [1.29, 1.82) is 0 Å². The lowest BCUT2D eigenvalue weighted by Gasteiger charge is -2.10. The van der Waals surface area contributed by atoms with Crippen LogP contribution >= 0.6 is 23.2 Å². The van der Waals surface area contributed by atoms with Gasteiger partial charge in [0.1, 0.15) is 24.7 Å². The van der Waals surface area contributed by atoms with Gasteiger partial charge in [0.05, 0.1) is 52.9 Å². The van der Waals surface area contributed by atoms with Gasteiger partial charge in [0.15, 0.2) is 0 Å². The summed E-state index contributed by atoms with van der Waals surface area (Å²) in [5.74, 6) is 2.47. The zero-order valence-electron chi connectivity index (χ0n) is 15.0. The molecule has 1 rings (SSSR count). The molecule has 8 heteroatoms. The molecular weight excluding hydrogens is 383 g/mol. The van der Waals surface area contributed by atoms with Gasteiger partial charge in [-0.1, -0.05) is 6.07 Å². The fourth-order valence-corrected chi connectivity index (χ4v) is 2.06. The van der Waals surface area contributed by atoms with E-state index in [1.54, 1.807) is 0 Å². The molecule has 150 valence electrons. The van der Waals surface area contributed by atoms with E-state index in [0.717, 1.165) is 11.5 Å². The molecular formula is C18H28Cl2O6. The lowest BCUT2D eigenvalue weighted by molar-refractivity contribution is 0.0401. The molecule has 0 saturated carbocycles. The van der Waals surface area contributed by atoms with Gasteiger partial charge in [-0.15, -0.1) is 23.2 Å². The smallest absolute Gasteiger partial charge is 0.123 e. The Morgan fingerprint density at radius 3 is 1.35 bits per heavy atom. The summed E-state index contributed by atoms with van der Waals surface area (Å²) < 4.78 is 32.5. The van der Waals surface area contributed by atoms with Crippen molar-refractivity contribution in [2.75, 3.05) is 77.8 Å². The molecule has 0 fully saturated rings. The third kappa shape index (κ3) is 13.4. The average Bonchev–Trinajstić information content (AvgIpc) is 2.66. The van der Waals surface area contributed by atoms with Gasteiger partial charge in [0, 0.05) is 17.8 Å². The van der Waals surface area contributed by atoms with Crippen LogP contribution in [-0.2, 0) is 18.9 Å². The van der Waals surface area contributed by atoms with Gasteiger partial charge in [0.25, 0.3) is 0 Å². The zero-order chi connectivity index (χ0) is 18.7. The molecule has 0 aliphatic heterocycles. The van der Waals surface area contributed by atoms with E-state index in [0.29, 0.717) is 77.8 Å². The lowest BCUT2D eigenvalue weighted by Crippen LogP contribution is -2.12. The molecule has 1 aromatic carbocycles. The minimum Gasteiger partial charge on any atom is -0.491 e. The molecule has 0 unspecified atom stereocenters. The van der Waals surface area contributed by atoms with Crippen molar-refractivity contribution in [3.05, 3.63) is 24.3 Å². The van der Waals surface area contributed by atoms with Crippen LogP contribution in [-0.4, -0.2) is 77.8 Å². The molecule has 0 amide bonds. The maximum Gasteiger partial charge on any atom is 0.123 e. The van der Waals surface area contributed by atoms with Crippen LogP contribution in [0, 0.1) is 0 Å². The van der Waals surface area contributed by atoms with E-state index in [2.05, 4.69) is 0 Å². The summed E-state index contributed by atoms with van der Waals surface area (Å²) >= 11 is 11.0. The predicted molar refractivity (Wildman–Crippen MR) is 102 cm³/mol. The van der Waals surface area contributed by atoms with Gasteiger partial charge in [-0.2, -0.15) is 0 Å². The second-order valence-electron chi connectivity index (χ2n) is 5.00. The summed E-state index contributed by atoms with van der Waals surface area (Å²) in [7, 11) is 0. The molecule has 0 atom stereocenters. The highest BCUT2D eigenvalue weighted by Gasteiger charge is 1.99. The minimum atomic E-state index is 0.463. The maximum atomic E-state index is 5.63. The van der Waals surface area contributed by atoms with Gasteiger partial charge in [-0.05, 0) is 12.1 Å². The number of benzene rings is 1. The fourth-order valence-electron chi connectivity index (χ4n) is 1.84. The number of ether oxygens (including phenoxy) is 6. The Hall–Kier alpha value is -0.760. The van der Waals surface area contributed by atoms with Gasteiger partial charge in [-0.3, -0.25) is 0 Å². The Labute approximate surface area is 165 Å². The van der Waals surface area contributed by atoms with Crippen molar-refractivity contribution in [1.82, 2.24) is 0 Å². The summed E-state index contributed by atoms with van der Waals surface area (Å²) in [5.41, 5.74) is 0. The van der Waals surface area contributed by atoms with Crippen LogP contribution < -0.4 is 9.47 Å². The monoisotopic (exact) mass is 410 g/mol. The van der Waals surface area contributed by atoms with Crippen LogP contribution in [0.15, 0.2) is 24.3 Å². The van der Waals surface area contributed by atoms with Crippen molar-refractivity contribution < 1.29 is 28.4 Å². The van der Waals surface area contributed by atoms with Crippen LogP contribution in [0.4, 0.5) is 0 Å². The topological polar surface area (TPSA) is 55.4 Å². The molecule has 0 spiro atoms. The van der Waals surface area contributed by atoms with Crippen LogP contribution in [0.1, 0.15) is 0 Å². The summed E-state index contributed by atoms with van der Waals surface area (Å²) in [6.45, 7) is 5.13. The third-order valence-electron chi connectivity index (χ3n) is 2.99.